The highest BCUT2D eigenvalue weighted by atomic mass is 35.5. The SMILES string of the molecule is O=C(CN1C(=O)/C(=C/c2ccc(Cl)cc2)SC1=S)Nc1ccc(C(=O)O)c(O)c1. The van der Waals surface area contributed by atoms with Crippen molar-refractivity contribution in [1.82, 2.24) is 4.90 Å². The molecule has 1 saturated heterocycles. The van der Waals surface area contributed by atoms with Gasteiger partial charge in [-0.1, -0.05) is 47.7 Å². The van der Waals surface area contributed by atoms with Gasteiger partial charge in [-0.25, -0.2) is 4.79 Å². The number of carboxylic acids is 1. The lowest BCUT2D eigenvalue weighted by molar-refractivity contribution is -0.126. The molecule has 10 heteroatoms. The highest BCUT2D eigenvalue weighted by Crippen LogP contribution is 2.32. The molecule has 0 aromatic heterocycles. The Kier molecular flexibility index (Phi) is 6.21. The van der Waals surface area contributed by atoms with Crippen LogP contribution in [0.1, 0.15) is 15.9 Å². The van der Waals surface area contributed by atoms with Crippen molar-refractivity contribution in [3.05, 3.63) is 63.5 Å². The zero-order valence-electron chi connectivity index (χ0n) is 14.6. The summed E-state index contributed by atoms with van der Waals surface area (Å²) in [5.41, 5.74) is 0.681. The maximum atomic E-state index is 12.6. The summed E-state index contributed by atoms with van der Waals surface area (Å²) in [7, 11) is 0. The number of phenols is 1. The minimum atomic E-state index is -1.29. The number of hydrogen-bond acceptors (Lipinski definition) is 6. The van der Waals surface area contributed by atoms with Gasteiger partial charge in [-0.05, 0) is 35.9 Å². The molecular weight excluding hydrogens is 436 g/mol. The summed E-state index contributed by atoms with van der Waals surface area (Å²) >= 11 is 12.1. The molecule has 3 N–H and O–H groups in total. The number of nitrogens with zero attached hydrogens (tertiary/aromatic N) is 1. The molecule has 0 atom stereocenters. The van der Waals surface area contributed by atoms with Gasteiger partial charge in [-0.2, -0.15) is 0 Å². The maximum Gasteiger partial charge on any atom is 0.339 e. The Labute approximate surface area is 180 Å². The van der Waals surface area contributed by atoms with Crippen molar-refractivity contribution >= 4 is 69.4 Å². The second-order valence-corrected chi connectivity index (χ2v) is 8.02. The molecule has 0 radical (unpaired) electrons. The predicted octanol–water partition coefficient (Wildman–Crippen LogP) is 3.58. The molecule has 0 unspecified atom stereocenters. The fraction of sp³-hybridized carbons (Fsp3) is 0.0526. The molecule has 1 aliphatic heterocycles. The third-order valence-corrected chi connectivity index (χ3v) is 5.48. The average Bonchev–Trinajstić information content (AvgIpc) is 2.90. The van der Waals surface area contributed by atoms with Crippen LogP contribution >= 0.6 is 35.6 Å². The normalized spacial score (nSPS) is 15.1. The number of anilines is 1. The van der Waals surface area contributed by atoms with Crippen molar-refractivity contribution in [1.29, 1.82) is 0 Å². The molecule has 148 valence electrons. The number of aromatic carboxylic acids is 1. The first kappa shape index (κ1) is 20.8. The predicted molar refractivity (Wildman–Crippen MR) is 115 cm³/mol. The van der Waals surface area contributed by atoms with Gasteiger partial charge < -0.3 is 15.5 Å². The summed E-state index contributed by atoms with van der Waals surface area (Å²) in [5, 5.41) is 21.7. The Morgan fingerprint density at radius 2 is 1.90 bits per heavy atom. The molecule has 3 rings (SSSR count). The zero-order valence-corrected chi connectivity index (χ0v) is 17.0. The number of thiocarbonyl (C=S) groups is 1. The van der Waals surface area contributed by atoms with Gasteiger partial charge >= 0.3 is 5.97 Å². The Morgan fingerprint density at radius 3 is 2.52 bits per heavy atom. The number of halogens is 1. The Morgan fingerprint density at radius 1 is 1.21 bits per heavy atom. The van der Waals surface area contributed by atoms with Crippen LogP contribution in [0.4, 0.5) is 5.69 Å². The average molecular weight is 449 g/mol. The lowest BCUT2D eigenvalue weighted by atomic mass is 10.2. The monoisotopic (exact) mass is 448 g/mol. The molecule has 0 aliphatic carbocycles. The van der Waals surface area contributed by atoms with Crippen LogP contribution in [-0.4, -0.2) is 43.8 Å². The fourth-order valence-electron chi connectivity index (χ4n) is 2.48. The number of nitrogens with one attached hydrogen (secondary N) is 1. The smallest absolute Gasteiger partial charge is 0.339 e. The Hall–Kier alpha value is -2.88. The van der Waals surface area contributed by atoms with E-state index >= 15 is 0 Å². The molecular formula is C19H13ClN2O5S2. The molecule has 1 heterocycles. The van der Waals surface area contributed by atoms with Crippen molar-refractivity contribution in [2.24, 2.45) is 0 Å². The number of carbonyl (C=O) groups excluding carboxylic acids is 2. The number of carboxylic acid groups (broad SMARTS) is 1. The second kappa shape index (κ2) is 8.64. The van der Waals surface area contributed by atoms with Crippen molar-refractivity contribution in [3.8, 4) is 5.75 Å². The third-order valence-electron chi connectivity index (χ3n) is 3.85. The first-order valence-corrected chi connectivity index (χ1v) is 9.72. The molecule has 2 amide bonds. The van der Waals surface area contributed by atoms with Crippen LogP contribution in [-0.2, 0) is 9.59 Å². The first-order valence-electron chi connectivity index (χ1n) is 8.11. The number of benzene rings is 2. The number of amides is 2. The van der Waals surface area contributed by atoms with E-state index in [1.54, 1.807) is 30.3 Å². The summed E-state index contributed by atoms with van der Waals surface area (Å²) in [6, 6.07) is 10.5. The van der Waals surface area contributed by atoms with Crippen molar-refractivity contribution < 1.29 is 24.6 Å². The van der Waals surface area contributed by atoms with Crippen molar-refractivity contribution in [2.75, 3.05) is 11.9 Å². The van der Waals surface area contributed by atoms with E-state index in [4.69, 9.17) is 28.9 Å². The highest BCUT2D eigenvalue weighted by Gasteiger charge is 2.33. The minimum absolute atomic E-state index is 0.194. The van der Waals surface area contributed by atoms with E-state index in [9.17, 15) is 19.5 Å². The highest BCUT2D eigenvalue weighted by molar-refractivity contribution is 8.26. The molecule has 0 saturated carbocycles. The van der Waals surface area contributed by atoms with Crippen molar-refractivity contribution in [2.45, 2.75) is 0 Å². The lowest BCUT2D eigenvalue weighted by Crippen LogP contribution is -2.36. The number of carbonyl (C=O) groups is 3. The van der Waals surface area contributed by atoms with E-state index in [0.717, 1.165) is 23.4 Å². The van der Waals surface area contributed by atoms with E-state index in [1.165, 1.54) is 17.0 Å². The summed E-state index contributed by atoms with van der Waals surface area (Å²) in [5.74, 6) is -2.71. The van der Waals surface area contributed by atoms with Gasteiger partial charge in [-0.15, -0.1) is 0 Å². The minimum Gasteiger partial charge on any atom is -0.507 e. The number of thioether (sulfide) groups is 1. The summed E-state index contributed by atoms with van der Waals surface area (Å²) in [4.78, 5) is 37.3. The molecule has 0 bridgehead atoms. The summed E-state index contributed by atoms with van der Waals surface area (Å²) in [6.07, 6.45) is 1.66. The quantitative estimate of drug-likeness (QED) is 0.474. The molecule has 1 aliphatic rings. The van der Waals surface area contributed by atoms with Gasteiger partial charge in [0.1, 0.15) is 22.2 Å². The van der Waals surface area contributed by atoms with E-state index < -0.39 is 23.5 Å². The van der Waals surface area contributed by atoms with Crippen LogP contribution in [0.3, 0.4) is 0 Å². The molecule has 0 spiro atoms. The van der Waals surface area contributed by atoms with Crippen LogP contribution < -0.4 is 5.32 Å². The van der Waals surface area contributed by atoms with Gasteiger partial charge in [0.05, 0.1) is 4.91 Å². The van der Waals surface area contributed by atoms with Gasteiger partial charge in [0.2, 0.25) is 5.91 Å². The standard InChI is InChI=1S/C19H13ClN2O5S2/c20-11-3-1-10(2-4-11)7-15-17(25)22(19(28)29-15)9-16(24)21-12-5-6-13(18(26)27)14(23)8-12/h1-8,23H,9H2,(H,21,24)(H,26,27)/b15-7-. The third kappa shape index (κ3) is 4.94. The van der Waals surface area contributed by atoms with Gasteiger partial charge in [0, 0.05) is 16.8 Å². The van der Waals surface area contributed by atoms with Crippen LogP contribution in [0.25, 0.3) is 6.08 Å². The van der Waals surface area contributed by atoms with E-state index in [2.05, 4.69) is 5.32 Å². The maximum absolute atomic E-state index is 12.6. The van der Waals surface area contributed by atoms with Crippen LogP contribution in [0.5, 0.6) is 5.75 Å². The molecule has 7 nitrogen and oxygen atoms in total. The summed E-state index contributed by atoms with van der Waals surface area (Å²) < 4.78 is 0.245. The first-order chi connectivity index (χ1) is 13.7. The summed E-state index contributed by atoms with van der Waals surface area (Å²) in [6.45, 7) is -0.315. The fourth-order valence-corrected chi connectivity index (χ4v) is 3.86. The Balaban J connectivity index is 1.68. The van der Waals surface area contributed by atoms with Crippen molar-refractivity contribution in [3.63, 3.8) is 0 Å². The van der Waals surface area contributed by atoms with Gasteiger partial charge in [0.15, 0.2) is 0 Å². The van der Waals surface area contributed by atoms with Crippen LogP contribution in [0.15, 0.2) is 47.4 Å². The zero-order chi connectivity index (χ0) is 21.1. The Bertz CT molecular complexity index is 1050. The van der Waals surface area contributed by atoms with Crippen LogP contribution in [0, 0.1) is 0 Å². The molecule has 1 fully saturated rings. The van der Waals surface area contributed by atoms with E-state index in [0.29, 0.717) is 9.93 Å². The van der Waals surface area contributed by atoms with Gasteiger partial charge in [-0.3, -0.25) is 14.5 Å². The second-order valence-electron chi connectivity index (χ2n) is 5.90. The molecule has 2 aromatic carbocycles. The van der Waals surface area contributed by atoms with E-state index in [1.807, 2.05) is 0 Å². The lowest BCUT2D eigenvalue weighted by Gasteiger charge is -2.14. The van der Waals surface area contributed by atoms with Crippen LogP contribution in [0.2, 0.25) is 5.02 Å². The van der Waals surface area contributed by atoms with Gasteiger partial charge in [0.25, 0.3) is 5.91 Å². The number of hydrogen-bond donors (Lipinski definition) is 3. The topological polar surface area (TPSA) is 107 Å². The molecule has 29 heavy (non-hydrogen) atoms. The largest absolute Gasteiger partial charge is 0.507 e. The number of rotatable bonds is 5. The number of aromatic hydroxyl groups is 1. The molecule has 2 aromatic rings. The van der Waals surface area contributed by atoms with E-state index in [-0.39, 0.29) is 22.1 Å².